The van der Waals surface area contributed by atoms with Crippen LogP contribution in [0.3, 0.4) is 0 Å². The van der Waals surface area contributed by atoms with E-state index in [1.54, 1.807) is 0 Å². The predicted octanol–water partition coefficient (Wildman–Crippen LogP) is 2.80. The van der Waals surface area contributed by atoms with E-state index >= 15 is 0 Å². The van der Waals surface area contributed by atoms with Crippen molar-refractivity contribution in [3.8, 4) is 0 Å². The molecule has 0 amide bonds. The average molecular weight is 211 g/mol. The molecule has 0 aromatic carbocycles. The summed E-state index contributed by atoms with van der Waals surface area (Å²) in [6.07, 6.45) is 10.5. The zero-order valence-corrected chi connectivity index (χ0v) is 9.74. The van der Waals surface area contributed by atoms with Crippen LogP contribution >= 0.6 is 11.8 Å². The fourth-order valence-corrected chi connectivity index (χ4v) is 4.53. The molecular weight excluding hydrogens is 190 g/mol. The molecule has 1 unspecified atom stereocenters. The third-order valence-corrected chi connectivity index (χ3v) is 5.83. The van der Waals surface area contributed by atoms with E-state index in [1.807, 2.05) is 0 Å². The molecule has 3 rings (SSSR count). The summed E-state index contributed by atoms with van der Waals surface area (Å²) in [5.74, 6) is 1.40. The van der Waals surface area contributed by atoms with Crippen molar-refractivity contribution in [2.75, 3.05) is 12.3 Å². The molecule has 80 valence electrons. The fraction of sp³-hybridized carbons (Fsp3) is 1.00. The standard InChI is InChI=1S/C12H21NS/c1-3-11(14-6-1)9-13-10-7-12(8-10)4-2-5-12/h10-11,13H,1-9H2. The van der Waals surface area contributed by atoms with Gasteiger partial charge in [-0.15, -0.1) is 0 Å². The summed E-state index contributed by atoms with van der Waals surface area (Å²) in [7, 11) is 0. The number of rotatable bonds is 3. The molecule has 1 N–H and O–H groups in total. The molecule has 1 heterocycles. The first kappa shape index (κ1) is 9.53. The zero-order valence-electron chi connectivity index (χ0n) is 8.93. The maximum Gasteiger partial charge on any atom is 0.0172 e. The van der Waals surface area contributed by atoms with Gasteiger partial charge in [-0.1, -0.05) is 6.42 Å². The van der Waals surface area contributed by atoms with Crippen LogP contribution in [0.2, 0.25) is 0 Å². The minimum Gasteiger partial charge on any atom is -0.313 e. The second-order valence-corrected chi connectivity index (χ2v) is 6.91. The van der Waals surface area contributed by atoms with Crippen LogP contribution in [0.1, 0.15) is 44.9 Å². The van der Waals surface area contributed by atoms with Gasteiger partial charge in [-0.25, -0.2) is 0 Å². The second-order valence-electron chi connectivity index (χ2n) is 5.50. The van der Waals surface area contributed by atoms with Gasteiger partial charge in [0.1, 0.15) is 0 Å². The summed E-state index contributed by atoms with van der Waals surface area (Å²) in [6, 6.07) is 0.886. The smallest absolute Gasteiger partial charge is 0.0172 e. The summed E-state index contributed by atoms with van der Waals surface area (Å²) in [4.78, 5) is 0. The molecule has 0 aromatic rings. The van der Waals surface area contributed by atoms with Crippen LogP contribution in [0, 0.1) is 5.41 Å². The lowest BCUT2D eigenvalue weighted by Gasteiger charge is -2.54. The molecule has 1 nitrogen and oxygen atoms in total. The van der Waals surface area contributed by atoms with Crippen LogP contribution in [0.25, 0.3) is 0 Å². The van der Waals surface area contributed by atoms with E-state index in [0.717, 1.165) is 16.7 Å². The predicted molar refractivity (Wildman–Crippen MR) is 62.8 cm³/mol. The average Bonchev–Trinajstić information content (AvgIpc) is 2.50. The van der Waals surface area contributed by atoms with Gasteiger partial charge >= 0.3 is 0 Å². The molecule has 0 radical (unpaired) electrons. The van der Waals surface area contributed by atoms with Crippen LogP contribution in [0.15, 0.2) is 0 Å². The zero-order chi connectivity index (χ0) is 9.43. The first-order chi connectivity index (χ1) is 6.86. The maximum atomic E-state index is 3.76. The van der Waals surface area contributed by atoms with Crippen molar-refractivity contribution < 1.29 is 0 Å². The van der Waals surface area contributed by atoms with Crippen LogP contribution in [0.5, 0.6) is 0 Å². The van der Waals surface area contributed by atoms with Gasteiger partial charge in [0.25, 0.3) is 0 Å². The van der Waals surface area contributed by atoms with Crippen LogP contribution in [-0.2, 0) is 0 Å². The Kier molecular flexibility index (Phi) is 2.53. The SMILES string of the molecule is C1CSC(CNC2CC3(CCC3)C2)C1. The Labute approximate surface area is 91.4 Å². The van der Waals surface area contributed by atoms with Gasteiger partial charge in [-0.05, 0) is 49.7 Å². The highest BCUT2D eigenvalue weighted by Gasteiger charge is 2.47. The van der Waals surface area contributed by atoms with Gasteiger partial charge < -0.3 is 5.32 Å². The van der Waals surface area contributed by atoms with E-state index in [4.69, 9.17) is 0 Å². The van der Waals surface area contributed by atoms with Crippen molar-refractivity contribution in [3.05, 3.63) is 0 Å². The largest absolute Gasteiger partial charge is 0.313 e. The van der Waals surface area contributed by atoms with E-state index < -0.39 is 0 Å². The molecule has 3 fully saturated rings. The molecule has 1 saturated heterocycles. The van der Waals surface area contributed by atoms with Crippen LogP contribution in [0.4, 0.5) is 0 Å². The van der Waals surface area contributed by atoms with Crippen LogP contribution < -0.4 is 5.32 Å². The Hall–Kier alpha value is 0.310. The lowest BCUT2D eigenvalue weighted by molar-refractivity contribution is -0.00176. The topological polar surface area (TPSA) is 12.0 Å². The minimum absolute atomic E-state index is 0.848. The summed E-state index contributed by atoms with van der Waals surface area (Å²) < 4.78 is 0. The fourth-order valence-electron chi connectivity index (χ4n) is 3.32. The first-order valence-corrected chi connectivity index (χ1v) is 7.26. The van der Waals surface area contributed by atoms with E-state index in [1.165, 1.54) is 57.2 Å². The Balaban J connectivity index is 1.34. The third kappa shape index (κ3) is 1.71. The highest BCUT2D eigenvalue weighted by atomic mass is 32.2. The highest BCUT2D eigenvalue weighted by Crippen LogP contribution is 2.55. The Morgan fingerprint density at radius 3 is 2.64 bits per heavy atom. The van der Waals surface area contributed by atoms with Gasteiger partial charge in [0, 0.05) is 17.8 Å². The van der Waals surface area contributed by atoms with Crippen molar-refractivity contribution in [3.63, 3.8) is 0 Å². The quantitative estimate of drug-likeness (QED) is 0.770. The summed E-state index contributed by atoms with van der Waals surface area (Å²) in [5, 5.41) is 4.70. The van der Waals surface area contributed by atoms with E-state index in [2.05, 4.69) is 17.1 Å². The van der Waals surface area contributed by atoms with Crippen molar-refractivity contribution in [1.82, 2.24) is 5.32 Å². The molecule has 1 aliphatic heterocycles. The lowest BCUT2D eigenvalue weighted by Crippen LogP contribution is -2.53. The summed E-state index contributed by atoms with van der Waals surface area (Å²) in [5.41, 5.74) is 0.848. The van der Waals surface area contributed by atoms with Crippen molar-refractivity contribution in [2.24, 2.45) is 5.41 Å². The number of hydrogen-bond donors (Lipinski definition) is 1. The molecule has 3 aliphatic rings. The van der Waals surface area contributed by atoms with Crippen molar-refractivity contribution in [2.45, 2.75) is 56.2 Å². The summed E-state index contributed by atoms with van der Waals surface area (Å²) in [6.45, 7) is 1.28. The monoisotopic (exact) mass is 211 g/mol. The Morgan fingerprint density at radius 1 is 1.21 bits per heavy atom. The van der Waals surface area contributed by atoms with Gasteiger partial charge in [0.05, 0.1) is 0 Å². The number of thioether (sulfide) groups is 1. The Bertz CT molecular complexity index is 198. The van der Waals surface area contributed by atoms with Gasteiger partial charge in [-0.2, -0.15) is 11.8 Å². The molecular formula is C12H21NS. The van der Waals surface area contributed by atoms with E-state index in [9.17, 15) is 0 Å². The molecule has 0 aromatic heterocycles. The molecule has 0 bridgehead atoms. The molecule has 2 aliphatic carbocycles. The Morgan fingerprint density at radius 2 is 2.07 bits per heavy atom. The first-order valence-electron chi connectivity index (χ1n) is 6.21. The molecule has 2 saturated carbocycles. The molecule has 1 spiro atoms. The lowest BCUT2D eigenvalue weighted by atomic mass is 9.54. The number of nitrogens with one attached hydrogen (secondary N) is 1. The molecule has 2 heteroatoms. The van der Waals surface area contributed by atoms with Crippen LogP contribution in [-0.4, -0.2) is 23.6 Å². The van der Waals surface area contributed by atoms with Gasteiger partial charge in [0.2, 0.25) is 0 Å². The minimum atomic E-state index is 0.848. The van der Waals surface area contributed by atoms with E-state index in [0.29, 0.717) is 0 Å². The number of hydrogen-bond acceptors (Lipinski definition) is 2. The normalized spacial score (nSPS) is 35.6. The van der Waals surface area contributed by atoms with Crippen molar-refractivity contribution in [1.29, 1.82) is 0 Å². The van der Waals surface area contributed by atoms with Crippen molar-refractivity contribution >= 4 is 11.8 Å². The molecule has 1 atom stereocenters. The maximum absolute atomic E-state index is 3.76. The third-order valence-electron chi connectivity index (χ3n) is 4.43. The highest BCUT2D eigenvalue weighted by molar-refractivity contribution is 8.00. The molecule has 14 heavy (non-hydrogen) atoms. The van der Waals surface area contributed by atoms with Gasteiger partial charge in [-0.3, -0.25) is 0 Å². The van der Waals surface area contributed by atoms with E-state index in [-0.39, 0.29) is 0 Å². The summed E-state index contributed by atoms with van der Waals surface area (Å²) >= 11 is 2.18. The van der Waals surface area contributed by atoms with Gasteiger partial charge in [0.15, 0.2) is 0 Å². The second kappa shape index (κ2) is 3.71.